The molecule has 1 aromatic carbocycles. The molecule has 0 bridgehead atoms. The van der Waals surface area contributed by atoms with E-state index in [2.05, 4.69) is 9.71 Å². The largest absolute Gasteiger partial charge is 0.326 e. The van der Waals surface area contributed by atoms with Gasteiger partial charge in [-0.3, -0.25) is 4.98 Å². The Bertz CT molecular complexity index is 652. The van der Waals surface area contributed by atoms with Crippen molar-refractivity contribution < 1.29 is 8.42 Å². The van der Waals surface area contributed by atoms with Gasteiger partial charge >= 0.3 is 0 Å². The first-order chi connectivity index (χ1) is 9.03. The second kappa shape index (κ2) is 5.79. The van der Waals surface area contributed by atoms with E-state index in [1.54, 1.807) is 29.9 Å². The molecular formula is C12H15N3O2S2. The molecule has 0 unspecified atom stereocenters. The molecule has 102 valence electrons. The van der Waals surface area contributed by atoms with Crippen LogP contribution in [0.25, 0.3) is 0 Å². The summed E-state index contributed by atoms with van der Waals surface area (Å²) < 4.78 is 26.8. The van der Waals surface area contributed by atoms with Gasteiger partial charge in [0, 0.05) is 24.2 Å². The smallest absolute Gasteiger partial charge is 0.240 e. The van der Waals surface area contributed by atoms with Crippen LogP contribution >= 0.6 is 11.3 Å². The molecule has 2 aromatic rings. The highest BCUT2D eigenvalue weighted by Gasteiger charge is 2.15. The van der Waals surface area contributed by atoms with E-state index in [1.807, 2.05) is 6.92 Å². The summed E-state index contributed by atoms with van der Waals surface area (Å²) in [5.74, 6) is 0. The van der Waals surface area contributed by atoms with Gasteiger partial charge in [-0.25, -0.2) is 13.1 Å². The van der Waals surface area contributed by atoms with E-state index in [4.69, 9.17) is 5.73 Å². The van der Waals surface area contributed by atoms with Crippen molar-refractivity contribution in [3.05, 3.63) is 45.9 Å². The van der Waals surface area contributed by atoms with E-state index in [-0.39, 0.29) is 11.4 Å². The maximum absolute atomic E-state index is 12.1. The molecule has 2 rings (SSSR count). The molecule has 0 saturated heterocycles. The first-order valence-corrected chi connectivity index (χ1v) is 8.06. The third-order valence-electron chi connectivity index (χ3n) is 2.77. The number of aromatic nitrogens is 1. The molecule has 1 heterocycles. The van der Waals surface area contributed by atoms with E-state index in [9.17, 15) is 8.42 Å². The lowest BCUT2D eigenvalue weighted by Crippen LogP contribution is -2.23. The molecule has 3 N–H and O–H groups in total. The summed E-state index contributed by atoms with van der Waals surface area (Å²) in [5, 5.41) is 0. The topological polar surface area (TPSA) is 85.1 Å². The van der Waals surface area contributed by atoms with Crippen LogP contribution in [-0.2, 0) is 23.1 Å². The molecule has 0 radical (unpaired) electrons. The van der Waals surface area contributed by atoms with Crippen LogP contribution in [0.3, 0.4) is 0 Å². The number of thiazole rings is 1. The number of sulfonamides is 1. The second-order valence-corrected chi connectivity index (χ2v) is 6.82. The van der Waals surface area contributed by atoms with Gasteiger partial charge in [-0.2, -0.15) is 0 Å². The minimum absolute atomic E-state index is 0.239. The maximum Gasteiger partial charge on any atom is 0.240 e. The Balaban J connectivity index is 2.19. The summed E-state index contributed by atoms with van der Waals surface area (Å²) in [7, 11) is -3.51. The summed E-state index contributed by atoms with van der Waals surface area (Å²) in [6.45, 7) is 2.48. The first-order valence-electron chi connectivity index (χ1n) is 5.69. The Hall–Kier alpha value is -1.28. The lowest BCUT2D eigenvalue weighted by Gasteiger charge is -2.09. The van der Waals surface area contributed by atoms with Crippen molar-refractivity contribution in [1.29, 1.82) is 0 Å². The van der Waals surface area contributed by atoms with E-state index in [1.165, 1.54) is 11.3 Å². The second-order valence-electron chi connectivity index (χ2n) is 4.08. The number of aryl methyl sites for hydroxylation is 1. The van der Waals surface area contributed by atoms with E-state index in [0.29, 0.717) is 6.54 Å². The number of nitrogens with two attached hydrogens (primary N) is 1. The zero-order chi connectivity index (χ0) is 13.9. The van der Waals surface area contributed by atoms with Crippen molar-refractivity contribution in [3.63, 3.8) is 0 Å². The van der Waals surface area contributed by atoms with Crippen LogP contribution in [0.4, 0.5) is 0 Å². The third-order valence-corrected chi connectivity index (χ3v) is 4.95. The average Bonchev–Trinajstić information content (AvgIpc) is 2.90. The molecule has 0 aliphatic carbocycles. The Morgan fingerprint density at radius 1 is 1.42 bits per heavy atom. The fraction of sp³-hybridized carbons (Fsp3) is 0.250. The van der Waals surface area contributed by atoms with Crippen LogP contribution in [0.2, 0.25) is 0 Å². The molecule has 0 spiro atoms. The van der Waals surface area contributed by atoms with Crippen LogP contribution < -0.4 is 10.5 Å². The standard InChI is InChI=1S/C12H15N3O2S2/c1-9-2-3-12(4-10(9)5-13)19(16,17)15-7-11-6-14-8-18-11/h2-4,6,8,15H,5,7,13H2,1H3. The van der Waals surface area contributed by atoms with Crippen molar-refractivity contribution in [2.45, 2.75) is 24.9 Å². The van der Waals surface area contributed by atoms with Crippen molar-refractivity contribution in [3.8, 4) is 0 Å². The predicted octanol–water partition coefficient (Wildman–Crippen LogP) is 1.39. The van der Waals surface area contributed by atoms with Crippen molar-refractivity contribution >= 4 is 21.4 Å². The van der Waals surface area contributed by atoms with E-state index < -0.39 is 10.0 Å². The molecule has 0 atom stereocenters. The molecule has 0 aliphatic rings. The van der Waals surface area contributed by atoms with Gasteiger partial charge in [0.2, 0.25) is 10.0 Å². The lowest BCUT2D eigenvalue weighted by atomic mass is 10.1. The number of rotatable bonds is 5. The summed E-state index contributed by atoms with van der Waals surface area (Å²) in [4.78, 5) is 5.01. The van der Waals surface area contributed by atoms with Gasteiger partial charge in [-0.15, -0.1) is 11.3 Å². The fourth-order valence-corrected chi connectivity index (χ4v) is 3.30. The summed E-state index contributed by atoms with van der Waals surface area (Å²) in [6, 6.07) is 4.97. The zero-order valence-corrected chi connectivity index (χ0v) is 12.1. The van der Waals surface area contributed by atoms with Crippen LogP contribution in [-0.4, -0.2) is 13.4 Å². The molecule has 0 fully saturated rings. The van der Waals surface area contributed by atoms with Gasteiger partial charge < -0.3 is 5.73 Å². The quantitative estimate of drug-likeness (QED) is 0.873. The molecule has 1 aromatic heterocycles. The number of hydrogen-bond donors (Lipinski definition) is 2. The Kier molecular flexibility index (Phi) is 4.31. The molecule has 0 saturated carbocycles. The minimum Gasteiger partial charge on any atom is -0.326 e. The van der Waals surface area contributed by atoms with Gasteiger partial charge in [0.1, 0.15) is 0 Å². The van der Waals surface area contributed by atoms with E-state index in [0.717, 1.165) is 16.0 Å². The molecule has 19 heavy (non-hydrogen) atoms. The third kappa shape index (κ3) is 3.38. The summed E-state index contributed by atoms with van der Waals surface area (Å²) in [6.07, 6.45) is 1.65. The van der Waals surface area contributed by atoms with Crippen molar-refractivity contribution in [1.82, 2.24) is 9.71 Å². The fourth-order valence-electron chi connectivity index (χ4n) is 1.61. The highest BCUT2D eigenvalue weighted by Crippen LogP contribution is 2.16. The number of nitrogens with zero attached hydrogens (tertiary/aromatic N) is 1. The zero-order valence-electron chi connectivity index (χ0n) is 10.5. The molecule has 7 heteroatoms. The highest BCUT2D eigenvalue weighted by atomic mass is 32.2. The van der Waals surface area contributed by atoms with Crippen LogP contribution in [0.15, 0.2) is 34.8 Å². The van der Waals surface area contributed by atoms with Gasteiger partial charge in [0.25, 0.3) is 0 Å². The lowest BCUT2D eigenvalue weighted by molar-refractivity contribution is 0.581. The number of nitrogens with one attached hydrogen (secondary N) is 1. The van der Waals surface area contributed by atoms with E-state index >= 15 is 0 Å². The van der Waals surface area contributed by atoms with Crippen LogP contribution in [0.5, 0.6) is 0 Å². The molecule has 0 aliphatic heterocycles. The van der Waals surface area contributed by atoms with Crippen molar-refractivity contribution in [2.75, 3.05) is 0 Å². The normalized spacial score (nSPS) is 11.7. The SMILES string of the molecule is Cc1ccc(S(=O)(=O)NCc2cncs2)cc1CN. The number of hydrogen-bond acceptors (Lipinski definition) is 5. The molecule has 0 amide bonds. The Morgan fingerprint density at radius 2 is 2.21 bits per heavy atom. The minimum atomic E-state index is -3.51. The van der Waals surface area contributed by atoms with Gasteiger partial charge in [-0.05, 0) is 30.2 Å². The monoisotopic (exact) mass is 297 g/mol. The van der Waals surface area contributed by atoms with Gasteiger partial charge in [-0.1, -0.05) is 6.07 Å². The Labute approximate surface area is 116 Å². The Morgan fingerprint density at radius 3 is 2.84 bits per heavy atom. The predicted molar refractivity (Wildman–Crippen MR) is 75.2 cm³/mol. The molecule has 5 nitrogen and oxygen atoms in total. The average molecular weight is 297 g/mol. The first kappa shape index (κ1) is 14.1. The van der Waals surface area contributed by atoms with Gasteiger partial charge in [0.15, 0.2) is 0 Å². The highest BCUT2D eigenvalue weighted by molar-refractivity contribution is 7.89. The van der Waals surface area contributed by atoms with Crippen molar-refractivity contribution in [2.24, 2.45) is 5.73 Å². The molecular weight excluding hydrogens is 282 g/mol. The summed E-state index contributed by atoms with van der Waals surface area (Å²) >= 11 is 1.41. The maximum atomic E-state index is 12.1. The number of benzene rings is 1. The van der Waals surface area contributed by atoms with Crippen LogP contribution in [0.1, 0.15) is 16.0 Å². The van der Waals surface area contributed by atoms with Gasteiger partial charge in [0.05, 0.1) is 10.4 Å². The van der Waals surface area contributed by atoms with Crippen LogP contribution in [0, 0.1) is 6.92 Å². The summed E-state index contributed by atoms with van der Waals surface area (Å²) in [5.41, 5.74) is 9.08.